The van der Waals surface area contributed by atoms with Gasteiger partial charge in [-0.05, 0) is 78.2 Å². The summed E-state index contributed by atoms with van der Waals surface area (Å²) in [4.78, 5) is 68.5. The second kappa shape index (κ2) is 13.6. The summed E-state index contributed by atoms with van der Waals surface area (Å²) in [5.74, 6) is -1.36. The van der Waals surface area contributed by atoms with Crippen LogP contribution in [-0.4, -0.2) is 78.9 Å². The van der Waals surface area contributed by atoms with Crippen LogP contribution in [0.3, 0.4) is 0 Å². The number of Topliss-reactive ketones (excluding diaryl/α,β-unsaturated/α-hetero) is 1. The lowest BCUT2D eigenvalue weighted by Crippen LogP contribution is -2.46. The predicted octanol–water partition coefficient (Wildman–Crippen LogP) is 4.71. The number of aromatic nitrogens is 5. The summed E-state index contributed by atoms with van der Waals surface area (Å²) < 4.78 is 20.9. The Kier molecular flexibility index (Phi) is 9.16. The van der Waals surface area contributed by atoms with Gasteiger partial charge in [-0.15, -0.1) is 0 Å². The lowest BCUT2D eigenvalue weighted by molar-refractivity contribution is -0.138. The number of methoxy groups -OCH3 is 1. The fourth-order valence-electron chi connectivity index (χ4n) is 7.29. The highest BCUT2D eigenvalue weighted by Crippen LogP contribution is 2.59. The first-order valence-electron chi connectivity index (χ1n) is 16.7. The number of nitrogens with one attached hydrogen (secondary N) is 2. The molecule has 0 unspecified atom stereocenters. The average molecular weight is 760 g/mol. The number of pyridine rings is 1. The van der Waals surface area contributed by atoms with Gasteiger partial charge in [0.05, 0.1) is 12.6 Å². The molecule has 3 aromatic heterocycles. The average Bonchev–Trinajstić information content (AvgIpc) is 3.51. The van der Waals surface area contributed by atoms with E-state index in [9.17, 15) is 23.6 Å². The number of nitrogens with zero attached hydrogens (tertiary/aromatic N) is 6. The number of amides is 3. The van der Waals surface area contributed by atoms with E-state index in [4.69, 9.17) is 4.74 Å². The number of carbonyl (C=O) groups excluding carboxylic acids is 4. The van der Waals surface area contributed by atoms with Gasteiger partial charge in [0.25, 0.3) is 0 Å². The van der Waals surface area contributed by atoms with E-state index < -0.39 is 23.2 Å². The molecule has 7 rings (SSSR count). The number of piperidine rings is 1. The minimum absolute atomic E-state index is 0.0477. The molecule has 2 bridgehead atoms. The van der Waals surface area contributed by atoms with Gasteiger partial charge < -0.3 is 20.3 Å². The van der Waals surface area contributed by atoms with Gasteiger partial charge in [0.2, 0.25) is 17.7 Å². The van der Waals surface area contributed by atoms with E-state index in [1.165, 1.54) is 20.1 Å². The van der Waals surface area contributed by atoms with E-state index in [2.05, 4.69) is 46.6 Å². The Hall–Kier alpha value is -5.05. The summed E-state index contributed by atoms with van der Waals surface area (Å²) in [6.07, 6.45) is 10.6. The molecule has 15 heteroatoms. The van der Waals surface area contributed by atoms with Gasteiger partial charge in [-0.1, -0.05) is 12.2 Å². The summed E-state index contributed by atoms with van der Waals surface area (Å²) in [7, 11) is 1.30. The number of aryl methyl sites for hydroxylation is 1. The van der Waals surface area contributed by atoms with Crippen LogP contribution in [0, 0.1) is 18.2 Å². The zero-order valence-corrected chi connectivity index (χ0v) is 29.9. The van der Waals surface area contributed by atoms with Gasteiger partial charge in [0.15, 0.2) is 17.3 Å². The molecule has 2 fully saturated rings. The summed E-state index contributed by atoms with van der Waals surface area (Å²) in [6, 6.07) is 3.93. The quantitative estimate of drug-likeness (QED) is 0.167. The molecule has 1 saturated carbocycles. The van der Waals surface area contributed by atoms with Gasteiger partial charge in [-0.25, -0.2) is 15.0 Å². The summed E-state index contributed by atoms with van der Waals surface area (Å²) >= 11 is 3.06. The molecule has 1 aliphatic carbocycles. The van der Waals surface area contributed by atoms with Crippen molar-refractivity contribution in [2.45, 2.75) is 71.0 Å². The topological polar surface area (TPSA) is 161 Å². The molecule has 264 valence electrons. The Labute approximate surface area is 301 Å². The zero-order valence-electron chi connectivity index (χ0n) is 28.3. The van der Waals surface area contributed by atoms with Gasteiger partial charge in [-0.2, -0.15) is 9.49 Å². The molecule has 13 nitrogen and oxygen atoms in total. The van der Waals surface area contributed by atoms with Crippen molar-refractivity contribution in [1.29, 1.82) is 0 Å². The van der Waals surface area contributed by atoms with Crippen molar-refractivity contribution in [1.82, 2.24) is 34.9 Å². The molecule has 3 atom stereocenters. The first-order chi connectivity index (χ1) is 24.5. The van der Waals surface area contributed by atoms with Crippen molar-refractivity contribution >= 4 is 56.2 Å². The fourth-order valence-corrected chi connectivity index (χ4v) is 7.68. The SMILES string of the molecule is COc1cc(NC(=O)[C@@H]2C[C@]34CNC(=O)CCC/C=C\Cc5cc(-c6cnc(C)nc6)cc6c(C(C)=O)nn(c56)CC(=O)N2[C@@H]3C4)nc(Br)c1F. The van der Waals surface area contributed by atoms with Crippen LogP contribution < -0.4 is 15.4 Å². The summed E-state index contributed by atoms with van der Waals surface area (Å²) in [5, 5.41) is 11.1. The maximum Gasteiger partial charge on any atom is 0.248 e. The van der Waals surface area contributed by atoms with Crippen LogP contribution in [0.2, 0.25) is 0 Å². The number of carbonyl (C=O) groups is 4. The molecule has 5 heterocycles. The van der Waals surface area contributed by atoms with Crippen LogP contribution in [0.5, 0.6) is 5.75 Å². The summed E-state index contributed by atoms with van der Waals surface area (Å²) in [5.41, 5.74) is 2.81. The molecule has 2 N–H and O–H groups in total. The van der Waals surface area contributed by atoms with Crippen LogP contribution in [0.25, 0.3) is 22.0 Å². The minimum Gasteiger partial charge on any atom is -0.493 e. The Balaban J connectivity index is 1.29. The van der Waals surface area contributed by atoms with Crippen molar-refractivity contribution in [2.75, 3.05) is 19.0 Å². The zero-order chi connectivity index (χ0) is 36.0. The fraction of sp³-hybridized carbons (Fsp3) is 0.389. The van der Waals surface area contributed by atoms with E-state index in [1.807, 2.05) is 24.3 Å². The van der Waals surface area contributed by atoms with Crippen molar-refractivity contribution in [3.8, 4) is 16.9 Å². The third-order valence-corrected chi connectivity index (χ3v) is 10.5. The highest BCUT2D eigenvalue weighted by Gasteiger charge is 2.67. The first kappa shape index (κ1) is 34.4. The van der Waals surface area contributed by atoms with Crippen LogP contribution in [0.4, 0.5) is 10.2 Å². The molecule has 3 amide bonds. The Morgan fingerprint density at radius 3 is 2.65 bits per heavy atom. The van der Waals surface area contributed by atoms with Crippen molar-refractivity contribution in [3.05, 3.63) is 70.2 Å². The lowest BCUT2D eigenvalue weighted by atomic mass is 9.98. The third-order valence-electron chi connectivity index (χ3n) is 9.94. The second-order valence-corrected chi connectivity index (χ2v) is 14.1. The highest BCUT2D eigenvalue weighted by atomic mass is 79.9. The first-order valence-corrected chi connectivity index (χ1v) is 17.5. The number of hydrogen-bond acceptors (Lipinski definition) is 9. The van der Waals surface area contributed by atoms with Gasteiger partial charge in [0.1, 0.15) is 34.5 Å². The van der Waals surface area contributed by atoms with E-state index in [1.54, 1.807) is 28.9 Å². The van der Waals surface area contributed by atoms with Crippen molar-refractivity contribution in [2.24, 2.45) is 5.41 Å². The second-order valence-electron chi connectivity index (χ2n) is 13.4. The molecular weight excluding hydrogens is 723 g/mol. The van der Waals surface area contributed by atoms with Gasteiger partial charge in [-0.3, -0.25) is 23.9 Å². The third kappa shape index (κ3) is 6.62. The van der Waals surface area contributed by atoms with Crippen LogP contribution in [0.15, 0.2) is 47.3 Å². The molecule has 0 spiro atoms. The number of halogens is 2. The number of ether oxygens (including phenoxy) is 1. The molecule has 0 radical (unpaired) electrons. The van der Waals surface area contributed by atoms with Crippen LogP contribution in [-0.2, 0) is 27.3 Å². The minimum atomic E-state index is -0.909. The normalized spacial score (nSPS) is 22.6. The number of benzene rings is 1. The Morgan fingerprint density at radius 2 is 1.90 bits per heavy atom. The van der Waals surface area contributed by atoms with E-state index >= 15 is 0 Å². The van der Waals surface area contributed by atoms with Gasteiger partial charge >= 0.3 is 0 Å². The number of anilines is 1. The van der Waals surface area contributed by atoms with E-state index in [0.717, 1.165) is 16.7 Å². The van der Waals surface area contributed by atoms with Gasteiger partial charge in [0, 0.05) is 60.8 Å². The highest BCUT2D eigenvalue weighted by molar-refractivity contribution is 9.10. The predicted molar refractivity (Wildman–Crippen MR) is 188 cm³/mol. The summed E-state index contributed by atoms with van der Waals surface area (Å²) in [6.45, 7) is 3.34. The Morgan fingerprint density at radius 1 is 1.12 bits per heavy atom. The lowest BCUT2D eigenvalue weighted by Gasteiger charge is -2.27. The largest absolute Gasteiger partial charge is 0.493 e. The maximum absolute atomic E-state index is 14.4. The maximum atomic E-state index is 14.4. The van der Waals surface area contributed by atoms with Crippen molar-refractivity contribution < 1.29 is 28.3 Å². The molecule has 51 heavy (non-hydrogen) atoms. The van der Waals surface area contributed by atoms with Crippen molar-refractivity contribution in [3.63, 3.8) is 0 Å². The number of allylic oxidation sites excluding steroid dienone is 2. The molecule has 1 aromatic carbocycles. The van der Waals surface area contributed by atoms with E-state index in [-0.39, 0.29) is 52.0 Å². The molecular formula is C36H36BrFN8O5. The van der Waals surface area contributed by atoms with Crippen LogP contribution in [0.1, 0.15) is 60.9 Å². The van der Waals surface area contributed by atoms with Crippen LogP contribution >= 0.6 is 15.9 Å². The number of rotatable bonds is 5. The monoisotopic (exact) mass is 758 g/mol. The smallest absolute Gasteiger partial charge is 0.248 e. The number of ketones is 1. The standard InChI is InChI=1S/C36H36BrFN8O5/c1-19(47)32-24-11-22(23-15-39-20(2)40-16-23)10-21-8-6-4-5-7-9-29(48)41-18-36-13-25(35(50)43-28-12-26(51-3)31(38)34(37)42-28)46(27(36)14-36)30(49)17-45(44-32)33(21)24/h4,6,10-12,15-16,25,27H,5,7-9,13-14,17-18H2,1-3H3,(H,41,48)(H,42,43,50)/b6-4-/t25-,27+,36-/m0/s1. The van der Waals surface area contributed by atoms with E-state index in [0.29, 0.717) is 61.8 Å². The molecule has 3 aliphatic rings. The Bertz CT molecular complexity index is 2120. The molecule has 1 saturated heterocycles. The molecule has 4 aromatic rings. The number of hydrogen-bond donors (Lipinski definition) is 2. The molecule has 2 aliphatic heterocycles.